The van der Waals surface area contributed by atoms with E-state index >= 15 is 0 Å². The Kier molecular flexibility index (Phi) is 6.50. The molecule has 122 valence electrons. The topological polar surface area (TPSA) is 67.4 Å². The van der Waals surface area contributed by atoms with Gasteiger partial charge in [-0.2, -0.15) is 0 Å². The van der Waals surface area contributed by atoms with Crippen LogP contribution in [0.15, 0.2) is 42.7 Å². The summed E-state index contributed by atoms with van der Waals surface area (Å²) in [6, 6.07) is 9.92. The second-order valence-electron chi connectivity index (χ2n) is 4.95. The van der Waals surface area contributed by atoms with Crippen LogP contribution in [0.4, 0.5) is 11.6 Å². The van der Waals surface area contributed by atoms with Crippen LogP contribution in [0.1, 0.15) is 23.7 Å². The van der Waals surface area contributed by atoms with Crippen LogP contribution in [0.2, 0.25) is 0 Å². The number of methoxy groups -OCH3 is 1. The number of rotatable bonds is 8. The lowest BCUT2D eigenvalue weighted by Gasteiger charge is -2.20. The number of nitrogens with one attached hydrogen (secondary N) is 1. The third-order valence-electron chi connectivity index (χ3n) is 3.34. The highest BCUT2D eigenvalue weighted by molar-refractivity contribution is 5.93. The molecule has 0 saturated heterocycles. The van der Waals surface area contributed by atoms with Crippen LogP contribution in [0.25, 0.3) is 0 Å². The van der Waals surface area contributed by atoms with Gasteiger partial charge in [0.15, 0.2) is 0 Å². The molecule has 0 atom stereocenters. The van der Waals surface area contributed by atoms with Crippen LogP contribution in [0.5, 0.6) is 0 Å². The van der Waals surface area contributed by atoms with Crippen LogP contribution in [0.3, 0.4) is 0 Å². The minimum Gasteiger partial charge on any atom is -0.385 e. The van der Waals surface area contributed by atoms with Gasteiger partial charge >= 0.3 is 0 Å². The summed E-state index contributed by atoms with van der Waals surface area (Å²) >= 11 is 0. The molecule has 2 rings (SSSR count). The van der Waals surface area contributed by atoms with Crippen LogP contribution < -0.4 is 10.2 Å². The van der Waals surface area contributed by atoms with E-state index in [-0.39, 0.29) is 5.91 Å². The number of aromatic nitrogens is 2. The molecule has 6 nitrogen and oxygen atoms in total. The highest BCUT2D eigenvalue weighted by Crippen LogP contribution is 2.20. The summed E-state index contributed by atoms with van der Waals surface area (Å²) in [7, 11) is 1.64. The average molecular weight is 314 g/mol. The Morgan fingerprint density at radius 1 is 1.22 bits per heavy atom. The van der Waals surface area contributed by atoms with Crippen molar-refractivity contribution in [3.8, 4) is 0 Å². The van der Waals surface area contributed by atoms with E-state index in [9.17, 15) is 4.79 Å². The first kappa shape index (κ1) is 16.9. The fraction of sp³-hybridized carbons (Fsp3) is 0.353. The molecule has 0 unspecified atom stereocenters. The zero-order valence-electron chi connectivity index (χ0n) is 13.5. The molecule has 0 spiro atoms. The lowest BCUT2D eigenvalue weighted by molar-refractivity contribution is 0.0948. The fourth-order valence-electron chi connectivity index (χ4n) is 2.15. The van der Waals surface area contributed by atoms with Gasteiger partial charge in [0.25, 0.3) is 5.91 Å². The molecular formula is C17H22N4O2. The Labute approximate surface area is 136 Å². The Balaban J connectivity index is 2.02. The maximum atomic E-state index is 12.0. The van der Waals surface area contributed by atoms with Gasteiger partial charge in [-0.25, -0.2) is 9.97 Å². The zero-order chi connectivity index (χ0) is 16.5. The summed E-state index contributed by atoms with van der Waals surface area (Å²) in [4.78, 5) is 22.6. The third-order valence-corrected chi connectivity index (χ3v) is 3.34. The standard InChI is InChI=1S/C17H22N4O2/c1-3-21(15-8-5-4-6-9-15)17-19-12-14(13-20-17)16(22)18-10-7-11-23-2/h4-6,8-9,12-13H,3,7,10-11H2,1-2H3,(H,18,22). The minimum atomic E-state index is -0.171. The van der Waals surface area contributed by atoms with Crippen molar-refractivity contribution in [2.75, 3.05) is 31.7 Å². The molecule has 2 aromatic rings. The Morgan fingerprint density at radius 2 is 1.91 bits per heavy atom. The SMILES string of the molecule is CCN(c1ccccc1)c1ncc(C(=O)NCCCOC)cn1. The number of ether oxygens (including phenoxy) is 1. The minimum absolute atomic E-state index is 0.171. The molecule has 0 saturated carbocycles. The second kappa shape index (κ2) is 8.85. The van der Waals surface area contributed by atoms with E-state index in [0.717, 1.165) is 18.7 Å². The first-order valence-electron chi connectivity index (χ1n) is 7.68. The van der Waals surface area contributed by atoms with Gasteiger partial charge in [0.1, 0.15) is 0 Å². The smallest absolute Gasteiger partial charge is 0.254 e. The summed E-state index contributed by atoms with van der Waals surface area (Å²) < 4.78 is 4.94. The van der Waals surface area contributed by atoms with Crippen LogP contribution in [-0.2, 0) is 4.74 Å². The first-order valence-corrected chi connectivity index (χ1v) is 7.68. The Hall–Kier alpha value is -2.47. The Morgan fingerprint density at radius 3 is 2.52 bits per heavy atom. The van der Waals surface area contributed by atoms with Crippen LogP contribution in [-0.4, -0.2) is 42.7 Å². The quantitative estimate of drug-likeness (QED) is 0.758. The maximum absolute atomic E-state index is 12.0. The van der Waals surface area contributed by atoms with Gasteiger partial charge in [-0.05, 0) is 25.5 Å². The number of carbonyl (C=O) groups excluding carboxylic acids is 1. The number of nitrogens with zero attached hydrogens (tertiary/aromatic N) is 3. The zero-order valence-corrected chi connectivity index (χ0v) is 13.5. The van der Waals surface area contributed by atoms with E-state index in [2.05, 4.69) is 15.3 Å². The molecule has 1 amide bonds. The van der Waals surface area contributed by atoms with E-state index in [1.807, 2.05) is 42.2 Å². The molecule has 0 radical (unpaired) electrons. The molecule has 1 aromatic heterocycles. The lowest BCUT2D eigenvalue weighted by Crippen LogP contribution is -2.26. The average Bonchev–Trinajstić information content (AvgIpc) is 2.61. The largest absolute Gasteiger partial charge is 0.385 e. The highest BCUT2D eigenvalue weighted by Gasteiger charge is 2.11. The third kappa shape index (κ3) is 4.75. The van der Waals surface area contributed by atoms with Crippen molar-refractivity contribution in [2.24, 2.45) is 0 Å². The molecule has 6 heteroatoms. The van der Waals surface area contributed by atoms with Crippen molar-refractivity contribution in [3.63, 3.8) is 0 Å². The summed E-state index contributed by atoms with van der Waals surface area (Å²) in [5.41, 5.74) is 1.47. The fourth-order valence-corrected chi connectivity index (χ4v) is 2.15. The number of hydrogen-bond acceptors (Lipinski definition) is 5. The molecule has 0 aliphatic rings. The van der Waals surface area contributed by atoms with E-state index in [0.29, 0.717) is 24.7 Å². The predicted molar refractivity (Wildman–Crippen MR) is 90.0 cm³/mol. The maximum Gasteiger partial charge on any atom is 0.254 e. The number of hydrogen-bond donors (Lipinski definition) is 1. The number of anilines is 2. The van der Waals surface area contributed by atoms with Gasteiger partial charge in [0.05, 0.1) is 5.56 Å². The van der Waals surface area contributed by atoms with Gasteiger partial charge < -0.3 is 15.0 Å². The van der Waals surface area contributed by atoms with E-state index in [1.54, 1.807) is 19.5 Å². The Bertz CT molecular complexity index is 602. The van der Waals surface area contributed by atoms with Gasteiger partial charge in [0, 0.05) is 44.9 Å². The summed E-state index contributed by atoms with van der Waals surface area (Å²) in [6.07, 6.45) is 3.89. The van der Waals surface area contributed by atoms with Crippen LogP contribution in [0, 0.1) is 0 Å². The normalized spacial score (nSPS) is 10.3. The summed E-state index contributed by atoms with van der Waals surface area (Å²) in [6.45, 7) is 3.97. The molecule has 0 aliphatic heterocycles. The van der Waals surface area contributed by atoms with Crippen molar-refractivity contribution < 1.29 is 9.53 Å². The van der Waals surface area contributed by atoms with Gasteiger partial charge in [-0.1, -0.05) is 18.2 Å². The summed E-state index contributed by atoms with van der Waals surface area (Å²) in [5, 5.41) is 2.82. The van der Waals surface area contributed by atoms with E-state index < -0.39 is 0 Å². The molecule has 0 aliphatic carbocycles. The number of carbonyl (C=O) groups is 1. The van der Waals surface area contributed by atoms with E-state index in [1.165, 1.54) is 0 Å². The second-order valence-corrected chi connectivity index (χ2v) is 4.95. The summed E-state index contributed by atoms with van der Waals surface area (Å²) in [5.74, 6) is 0.407. The van der Waals surface area contributed by atoms with Gasteiger partial charge in [-0.3, -0.25) is 4.79 Å². The van der Waals surface area contributed by atoms with Crippen molar-refractivity contribution in [1.82, 2.24) is 15.3 Å². The number of benzene rings is 1. The van der Waals surface area contributed by atoms with Gasteiger partial charge in [-0.15, -0.1) is 0 Å². The van der Waals surface area contributed by atoms with Crippen molar-refractivity contribution in [3.05, 3.63) is 48.3 Å². The van der Waals surface area contributed by atoms with Crippen LogP contribution >= 0.6 is 0 Å². The lowest BCUT2D eigenvalue weighted by atomic mass is 10.3. The van der Waals surface area contributed by atoms with Crippen molar-refractivity contribution in [2.45, 2.75) is 13.3 Å². The monoisotopic (exact) mass is 314 g/mol. The van der Waals surface area contributed by atoms with E-state index in [4.69, 9.17) is 4.74 Å². The van der Waals surface area contributed by atoms with Crippen molar-refractivity contribution >= 4 is 17.5 Å². The van der Waals surface area contributed by atoms with Gasteiger partial charge in [0.2, 0.25) is 5.95 Å². The van der Waals surface area contributed by atoms with Crippen molar-refractivity contribution in [1.29, 1.82) is 0 Å². The highest BCUT2D eigenvalue weighted by atomic mass is 16.5. The molecule has 23 heavy (non-hydrogen) atoms. The molecule has 0 bridgehead atoms. The molecule has 1 aromatic carbocycles. The number of para-hydroxylation sites is 1. The molecule has 1 N–H and O–H groups in total. The molecule has 0 fully saturated rings. The predicted octanol–water partition coefficient (Wildman–Crippen LogP) is 2.40. The molecular weight excluding hydrogens is 292 g/mol. The first-order chi connectivity index (χ1) is 11.3. The molecule has 1 heterocycles. The number of amides is 1.